The fourth-order valence-electron chi connectivity index (χ4n) is 2.70. The fraction of sp³-hybridized carbons (Fsp3) is 0.571. The molecule has 2 nitrogen and oxygen atoms in total. The Bertz CT molecular complexity index is 312. The summed E-state index contributed by atoms with van der Waals surface area (Å²) >= 11 is 0. The highest BCUT2D eigenvalue weighted by Gasteiger charge is 2.30. The van der Waals surface area contributed by atoms with Crippen LogP contribution in [0.25, 0.3) is 0 Å². The average molecular weight is 219 g/mol. The van der Waals surface area contributed by atoms with Crippen LogP contribution in [-0.2, 0) is 0 Å². The molecule has 88 valence electrons. The zero-order valence-electron chi connectivity index (χ0n) is 9.89. The maximum Gasteiger partial charge on any atom is 0.0833 e. The SMILES string of the molecule is CC[C@@H]1NCCC[C@@H]1[C@H](O)c1ccccc1. The Balaban J connectivity index is 2.10. The second-order valence-electron chi connectivity index (χ2n) is 4.63. The Labute approximate surface area is 97.7 Å². The lowest BCUT2D eigenvalue weighted by molar-refractivity contribution is 0.0638. The number of aliphatic hydroxyl groups is 1. The molecule has 0 spiro atoms. The summed E-state index contributed by atoms with van der Waals surface area (Å²) in [5, 5.41) is 13.9. The van der Waals surface area contributed by atoms with Crippen molar-refractivity contribution in [1.82, 2.24) is 5.32 Å². The van der Waals surface area contributed by atoms with E-state index in [4.69, 9.17) is 0 Å². The fourth-order valence-corrected chi connectivity index (χ4v) is 2.70. The summed E-state index contributed by atoms with van der Waals surface area (Å²) in [6.45, 7) is 3.28. The van der Waals surface area contributed by atoms with Gasteiger partial charge in [-0.2, -0.15) is 0 Å². The van der Waals surface area contributed by atoms with Crippen molar-refractivity contribution in [2.75, 3.05) is 6.54 Å². The van der Waals surface area contributed by atoms with Crippen LogP contribution in [-0.4, -0.2) is 17.7 Å². The Kier molecular flexibility index (Phi) is 3.97. The number of benzene rings is 1. The molecule has 3 atom stereocenters. The van der Waals surface area contributed by atoms with E-state index in [1.54, 1.807) is 0 Å². The Hall–Kier alpha value is -0.860. The van der Waals surface area contributed by atoms with Crippen LogP contribution < -0.4 is 5.32 Å². The molecule has 1 fully saturated rings. The van der Waals surface area contributed by atoms with Gasteiger partial charge in [-0.25, -0.2) is 0 Å². The molecule has 2 heteroatoms. The minimum Gasteiger partial charge on any atom is -0.388 e. The van der Waals surface area contributed by atoms with Gasteiger partial charge < -0.3 is 10.4 Å². The van der Waals surface area contributed by atoms with E-state index in [0.717, 1.165) is 24.9 Å². The molecular weight excluding hydrogens is 198 g/mol. The summed E-state index contributed by atoms with van der Waals surface area (Å²) in [7, 11) is 0. The minimum atomic E-state index is -0.320. The van der Waals surface area contributed by atoms with E-state index in [1.807, 2.05) is 30.3 Å². The average Bonchev–Trinajstić information content (AvgIpc) is 2.39. The lowest BCUT2D eigenvalue weighted by Crippen LogP contribution is -2.43. The van der Waals surface area contributed by atoms with Crippen LogP contribution in [0.1, 0.15) is 37.9 Å². The van der Waals surface area contributed by atoms with Crippen LogP contribution >= 0.6 is 0 Å². The van der Waals surface area contributed by atoms with Crippen molar-refractivity contribution in [3.63, 3.8) is 0 Å². The summed E-state index contributed by atoms with van der Waals surface area (Å²) in [6, 6.07) is 10.5. The summed E-state index contributed by atoms with van der Waals surface area (Å²) in [4.78, 5) is 0. The van der Waals surface area contributed by atoms with E-state index in [9.17, 15) is 5.11 Å². The van der Waals surface area contributed by atoms with Gasteiger partial charge >= 0.3 is 0 Å². The van der Waals surface area contributed by atoms with E-state index in [0.29, 0.717) is 12.0 Å². The first-order chi connectivity index (χ1) is 7.83. The van der Waals surface area contributed by atoms with Gasteiger partial charge in [-0.1, -0.05) is 37.3 Å². The van der Waals surface area contributed by atoms with E-state index < -0.39 is 0 Å². The van der Waals surface area contributed by atoms with Crippen molar-refractivity contribution in [3.8, 4) is 0 Å². The third-order valence-corrected chi connectivity index (χ3v) is 3.62. The number of rotatable bonds is 3. The van der Waals surface area contributed by atoms with Crippen molar-refractivity contribution in [2.24, 2.45) is 5.92 Å². The second kappa shape index (κ2) is 5.46. The lowest BCUT2D eigenvalue weighted by Gasteiger charge is -2.35. The van der Waals surface area contributed by atoms with Gasteiger partial charge in [-0.3, -0.25) is 0 Å². The maximum absolute atomic E-state index is 10.4. The molecule has 1 heterocycles. The second-order valence-corrected chi connectivity index (χ2v) is 4.63. The van der Waals surface area contributed by atoms with Gasteiger partial charge in [-0.15, -0.1) is 0 Å². The molecule has 0 saturated carbocycles. The maximum atomic E-state index is 10.4. The number of nitrogens with one attached hydrogen (secondary N) is 1. The normalized spacial score (nSPS) is 27.6. The summed E-state index contributed by atoms with van der Waals surface area (Å²) in [5.74, 6) is 0.362. The van der Waals surface area contributed by atoms with Crippen molar-refractivity contribution in [1.29, 1.82) is 0 Å². The van der Waals surface area contributed by atoms with Crippen LogP contribution in [0.4, 0.5) is 0 Å². The minimum absolute atomic E-state index is 0.320. The monoisotopic (exact) mass is 219 g/mol. The van der Waals surface area contributed by atoms with Crippen LogP contribution in [0, 0.1) is 5.92 Å². The zero-order chi connectivity index (χ0) is 11.4. The summed E-state index contributed by atoms with van der Waals surface area (Å²) in [5.41, 5.74) is 1.05. The first-order valence-electron chi connectivity index (χ1n) is 6.29. The molecule has 16 heavy (non-hydrogen) atoms. The molecule has 1 aromatic carbocycles. The first kappa shape index (κ1) is 11.6. The van der Waals surface area contributed by atoms with E-state index in [2.05, 4.69) is 12.2 Å². The van der Waals surface area contributed by atoms with Gasteiger partial charge in [0.25, 0.3) is 0 Å². The largest absolute Gasteiger partial charge is 0.388 e. The number of hydrogen-bond acceptors (Lipinski definition) is 2. The molecule has 0 unspecified atom stereocenters. The molecule has 1 aliphatic heterocycles. The van der Waals surface area contributed by atoms with Crippen molar-refractivity contribution in [2.45, 2.75) is 38.3 Å². The predicted octanol–water partition coefficient (Wildman–Crippen LogP) is 2.50. The van der Waals surface area contributed by atoms with Crippen molar-refractivity contribution in [3.05, 3.63) is 35.9 Å². The molecule has 0 aromatic heterocycles. The standard InChI is InChI=1S/C14H21NO/c1-2-13-12(9-6-10-15-13)14(16)11-7-4-3-5-8-11/h3-5,7-8,12-16H,2,6,9-10H2,1H3/t12-,13-,14+/m0/s1. The van der Waals surface area contributed by atoms with E-state index >= 15 is 0 Å². The Morgan fingerprint density at radius 1 is 1.38 bits per heavy atom. The third-order valence-electron chi connectivity index (χ3n) is 3.62. The molecule has 0 amide bonds. The Morgan fingerprint density at radius 3 is 2.81 bits per heavy atom. The number of piperidine rings is 1. The molecule has 2 N–H and O–H groups in total. The molecule has 0 bridgehead atoms. The smallest absolute Gasteiger partial charge is 0.0833 e. The van der Waals surface area contributed by atoms with Gasteiger partial charge in [-0.05, 0) is 31.4 Å². The van der Waals surface area contributed by atoms with Crippen molar-refractivity contribution < 1.29 is 5.11 Å². The van der Waals surface area contributed by atoms with Crippen LogP contribution in [0.15, 0.2) is 30.3 Å². The number of aliphatic hydroxyl groups excluding tert-OH is 1. The topological polar surface area (TPSA) is 32.3 Å². The van der Waals surface area contributed by atoms with Gasteiger partial charge in [0.1, 0.15) is 0 Å². The molecule has 1 saturated heterocycles. The van der Waals surface area contributed by atoms with E-state index in [-0.39, 0.29) is 6.10 Å². The predicted molar refractivity (Wildman–Crippen MR) is 66.2 cm³/mol. The summed E-state index contributed by atoms with van der Waals surface area (Å²) < 4.78 is 0. The molecule has 2 rings (SSSR count). The zero-order valence-corrected chi connectivity index (χ0v) is 9.89. The molecular formula is C14H21NO. The third kappa shape index (κ3) is 2.45. The lowest BCUT2D eigenvalue weighted by atomic mass is 9.82. The quantitative estimate of drug-likeness (QED) is 0.818. The van der Waals surface area contributed by atoms with Gasteiger partial charge in [0.15, 0.2) is 0 Å². The number of hydrogen-bond donors (Lipinski definition) is 2. The van der Waals surface area contributed by atoms with Crippen LogP contribution in [0.3, 0.4) is 0 Å². The van der Waals surface area contributed by atoms with Gasteiger partial charge in [0.2, 0.25) is 0 Å². The van der Waals surface area contributed by atoms with Gasteiger partial charge in [0.05, 0.1) is 6.10 Å². The molecule has 0 aliphatic carbocycles. The highest BCUT2D eigenvalue weighted by Crippen LogP contribution is 2.31. The van der Waals surface area contributed by atoms with Crippen LogP contribution in [0.5, 0.6) is 0 Å². The van der Waals surface area contributed by atoms with Gasteiger partial charge in [0, 0.05) is 12.0 Å². The molecule has 1 aliphatic rings. The Morgan fingerprint density at radius 2 is 2.12 bits per heavy atom. The highest BCUT2D eigenvalue weighted by atomic mass is 16.3. The summed E-state index contributed by atoms with van der Waals surface area (Å²) in [6.07, 6.45) is 3.07. The van der Waals surface area contributed by atoms with Crippen LogP contribution in [0.2, 0.25) is 0 Å². The van der Waals surface area contributed by atoms with E-state index in [1.165, 1.54) is 6.42 Å². The molecule has 1 aromatic rings. The first-order valence-corrected chi connectivity index (χ1v) is 6.29. The highest BCUT2D eigenvalue weighted by molar-refractivity contribution is 5.18. The molecule has 0 radical (unpaired) electrons. The van der Waals surface area contributed by atoms with Crippen molar-refractivity contribution >= 4 is 0 Å².